The lowest BCUT2D eigenvalue weighted by Crippen LogP contribution is -2.25. The second-order valence-corrected chi connectivity index (χ2v) is 5.27. The van der Waals surface area contributed by atoms with Crippen LogP contribution in [0.5, 0.6) is 0 Å². The molecule has 0 amide bonds. The van der Waals surface area contributed by atoms with Crippen LogP contribution in [0.15, 0.2) is 5.38 Å². The van der Waals surface area contributed by atoms with Crippen LogP contribution in [0.25, 0.3) is 0 Å². The minimum atomic E-state index is -0.784. The van der Waals surface area contributed by atoms with Gasteiger partial charge in [-0.2, -0.15) is 0 Å². The molecule has 0 bridgehead atoms. The molecule has 0 aromatic carbocycles. The first-order valence-electron chi connectivity index (χ1n) is 4.81. The number of anilines is 1. The van der Waals surface area contributed by atoms with Gasteiger partial charge >= 0.3 is 5.97 Å². The number of rotatable bonds is 4. The smallest absolute Gasteiger partial charge is 0.303 e. The molecule has 1 aromatic heterocycles. The molecule has 0 aliphatic carbocycles. The molecule has 5 heteroatoms. The number of nitrogens with one attached hydrogen (secondary N) is 1. The van der Waals surface area contributed by atoms with Gasteiger partial charge in [-0.25, -0.2) is 4.98 Å². The van der Waals surface area contributed by atoms with Crippen LogP contribution in [0, 0.1) is 0 Å². The predicted molar refractivity (Wildman–Crippen MR) is 61.4 cm³/mol. The van der Waals surface area contributed by atoms with Crippen molar-refractivity contribution in [3.63, 3.8) is 0 Å². The van der Waals surface area contributed by atoms with Gasteiger partial charge in [0.1, 0.15) is 0 Å². The normalized spacial score (nSPS) is 11.4. The summed E-state index contributed by atoms with van der Waals surface area (Å²) in [6, 6.07) is 0. The third kappa shape index (κ3) is 4.78. The van der Waals surface area contributed by atoms with Crippen molar-refractivity contribution in [1.29, 1.82) is 0 Å². The average Bonchev–Trinajstić information content (AvgIpc) is 2.45. The first-order chi connectivity index (χ1) is 6.87. The zero-order chi connectivity index (χ0) is 11.5. The lowest BCUT2D eigenvalue weighted by Gasteiger charge is -2.19. The quantitative estimate of drug-likeness (QED) is 0.830. The van der Waals surface area contributed by atoms with Gasteiger partial charge in [-0.3, -0.25) is 4.79 Å². The van der Waals surface area contributed by atoms with E-state index in [1.807, 2.05) is 5.38 Å². The fourth-order valence-corrected chi connectivity index (χ4v) is 1.99. The van der Waals surface area contributed by atoms with E-state index in [2.05, 4.69) is 31.1 Å². The van der Waals surface area contributed by atoms with Crippen molar-refractivity contribution in [3.05, 3.63) is 11.1 Å². The molecule has 0 unspecified atom stereocenters. The summed E-state index contributed by atoms with van der Waals surface area (Å²) in [6.45, 7) is 6.18. The van der Waals surface area contributed by atoms with Crippen LogP contribution in [-0.2, 0) is 11.2 Å². The Labute approximate surface area is 93.4 Å². The summed E-state index contributed by atoms with van der Waals surface area (Å²) in [7, 11) is 0. The van der Waals surface area contributed by atoms with Gasteiger partial charge in [0.25, 0.3) is 0 Å². The molecule has 0 saturated heterocycles. The molecule has 0 radical (unpaired) electrons. The first kappa shape index (κ1) is 12.0. The standard InChI is InChI=1S/C10H16N2O2S/c1-10(2,3)12-9-11-7(6-15-9)4-5-8(13)14/h6H,4-5H2,1-3H3,(H,11,12)(H,13,14). The van der Waals surface area contributed by atoms with Gasteiger partial charge in [0.05, 0.1) is 12.1 Å². The molecular weight excluding hydrogens is 212 g/mol. The second kappa shape index (κ2) is 4.61. The first-order valence-corrected chi connectivity index (χ1v) is 5.69. The highest BCUT2D eigenvalue weighted by Crippen LogP contribution is 2.20. The van der Waals surface area contributed by atoms with Crippen LogP contribution in [0.3, 0.4) is 0 Å². The van der Waals surface area contributed by atoms with Crippen LogP contribution in [-0.4, -0.2) is 21.6 Å². The van der Waals surface area contributed by atoms with E-state index in [1.54, 1.807) is 0 Å². The fraction of sp³-hybridized carbons (Fsp3) is 0.600. The van der Waals surface area contributed by atoms with Crippen molar-refractivity contribution >= 4 is 22.4 Å². The van der Waals surface area contributed by atoms with Gasteiger partial charge in [-0.15, -0.1) is 11.3 Å². The monoisotopic (exact) mass is 228 g/mol. The van der Waals surface area contributed by atoms with Crippen molar-refractivity contribution in [1.82, 2.24) is 4.98 Å². The van der Waals surface area contributed by atoms with Crippen LogP contribution in [0.2, 0.25) is 0 Å². The number of aryl methyl sites for hydroxylation is 1. The van der Waals surface area contributed by atoms with E-state index in [4.69, 9.17) is 5.11 Å². The predicted octanol–water partition coefficient (Wildman–Crippen LogP) is 2.37. The van der Waals surface area contributed by atoms with Crippen LogP contribution >= 0.6 is 11.3 Å². The number of carbonyl (C=O) groups is 1. The van der Waals surface area contributed by atoms with Crippen molar-refractivity contribution in [2.75, 3.05) is 5.32 Å². The van der Waals surface area contributed by atoms with E-state index >= 15 is 0 Å². The highest BCUT2D eigenvalue weighted by molar-refractivity contribution is 7.13. The minimum Gasteiger partial charge on any atom is -0.481 e. The van der Waals surface area contributed by atoms with Crippen molar-refractivity contribution in [2.24, 2.45) is 0 Å². The van der Waals surface area contributed by atoms with Crippen molar-refractivity contribution in [2.45, 2.75) is 39.2 Å². The van der Waals surface area contributed by atoms with Crippen LogP contribution < -0.4 is 5.32 Å². The summed E-state index contributed by atoms with van der Waals surface area (Å²) >= 11 is 1.51. The van der Waals surface area contributed by atoms with E-state index in [-0.39, 0.29) is 12.0 Å². The molecule has 1 aromatic rings. The number of hydrogen-bond donors (Lipinski definition) is 2. The topological polar surface area (TPSA) is 62.2 Å². The maximum absolute atomic E-state index is 10.4. The number of carboxylic acid groups (broad SMARTS) is 1. The molecule has 1 heterocycles. The molecule has 0 aliphatic heterocycles. The molecule has 0 aliphatic rings. The SMILES string of the molecule is CC(C)(C)Nc1nc(CCC(=O)O)cs1. The van der Waals surface area contributed by atoms with Gasteiger partial charge in [0.15, 0.2) is 5.13 Å². The average molecular weight is 228 g/mol. The Balaban J connectivity index is 2.53. The Morgan fingerprint density at radius 2 is 2.27 bits per heavy atom. The molecular formula is C10H16N2O2S. The molecule has 0 fully saturated rings. The van der Waals surface area contributed by atoms with Crippen molar-refractivity contribution < 1.29 is 9.90 Å². The van der Waals surface area contributed by atoms with E-state index in [0.29, 0.717) is 6.42 Å². The van der Waals surface area contributed by atoms with E-state index in [0.717, 1.165) is 10.8 Å². The number of nitrogens with zero attached hydrogens (tertiary/aromatic N) is 1. The lowest BCUT2D eigenvalue weighted by atomic mass is 10.1. The maximum atomic E-state index is 10.4. The Hall–Kier alpha value is -1.10. The summed E-state index contributed by atoms with van der Waals surface area (Å²) in [4.78, 5) is 14.7. The molecule has 0 saturated carbocycles. The van der Waals surface area contributed by atoms with E-state index in [1.165, 1.54) is 11.3 Å². The number of carboxylic acids is 1. The van der Waals surface area contributed by atoms with E-state index in [9.17, 15) is 4.79 Å². The largest absolute Gasteiger partial charge is 0.481 e. The van der Waals surface area contributed by atoms with Gasteiger partial charge in [0, 0.05) is 17.3 Å². The Morgan fingerprint density at radius 3 is 2.80 bits per heavy atom. The van der Waals surface area contributed by atoms with Gasteiger partial charge in [-0.1, -0.05) is 0 Å². The van der Waals surface area contributed by atoms with Gasteiger partial charge < -0.3 is 10.4 Å². The van der Waals surface area contributed by atoms with Crippen LogP contribution in [0.1, 0.15) is 32.9 Å². The Kier molecular flexibility index (Phi) is 3.68. The number of hydrogen-bond acceptors (Lipinski definition) is 4. The lowest BCUT2D eigenvalue weighted by molar-refractivity contribution is -0.136. The number of thiazole rings is 1. The second-order valence-electron chi connectivity index (χ2n) is 4.41. The Morgan fingerprint density at radius 1 is 1.60 bits per heavy atom. The summed E-state index contributed by atoms with van der Waals surface area (Å²) in [6.07, 6.45) is 0.635. The molecule has 84 valence electrons. The Bertz CT molecular complexity index is 341. The highest BCUT2D eigenvalue weighted by atomic mass is 32.1. The molecule has 0 atom stereocenters. The molecule has 2 N–H and O–H groups in total. The van der Waals surface area contributed by atoms with E-state index < -0.39 is 5.97 Å². The zero-order valence-electron chi connectivity index (χ0n) is 9.20. The third-order valence-electron chi connectivity index (χ3n) is 1.63. The number of aliphatic carboxylic acids is 1. The van der Waals surface area contributed by atoms with Crippen LogP contribution in [0.4, 0.5) is 5.13 Å². The molecule has 15 heavy (non-hydrogen) atoms. The highest BCUT2D eigenvalue weighted by Gasteiger charge is 2.12. The van der Waals surface area contributed by atoms with Crippen molar-refractivity contribution in [3.8, 4) is 0 Å². The van der Waals surface area contributed by atoms with Gasteiger partial charge in [0.2, 0.25) is 0 Å². The number of aromatic nitrogens is 1. The van der Waals surface area contributed by atoms with Gasteiger partial charge in [-0.05, 0) is 20.8 Å². The summed E-state index contributed by atoms with van der Waals surface area (Å²) < 4.78 is 0. The fourth-order valence-electron chi connectivity index (χ4n) is 1.04. The molecule has 0 spiro atoms. The molecule has 1 rings (SSSR count). The summed E-state index contributed by atoms with van der Waals surface area (Å²) in [5, 5.41) is 14.5. The zero-order valence-corrected chi connectivity index (χ0v) is 10.0. The molecule has 4 nitrogen and oxygen atoms in total. The maximum Gasteiger partial charge on any atom is 0.303 e. The third-order valence-corrected chi connectivity index (χ3v) is 2.44. The summed E-state index contributed by atoms with van der Waals surface area (Å²) in [5.74, 6) is -0.784. The minimum absolute atomic E-state index is 0.0120. The summed E-state index contributed by atoms with van der Waals surface area (Å²) in [5.41, 5.74) is 0.830.